The lowest BCUT2D eigenvalue weighted by Gasteiger charge is -2.26. The highest BCUT2D eigenvalue weighted by molar-refractivity contribution is 5.93. The number of aliphatic carboxylic acids is 1. The Morgan fingerprint density at radius 2 is 1.97 bits per heavy atom. The predicted octanol–water partition coefficient (Wildman–Crippen LogP) is 5.01. The standard InChI is InChI=1S/C24H28N2O6/c1-17(2)26(24(29)19-15-22(32-25-19)21-11-8-14-31-21)16-18-9-5-6-10-20(18)30-13-7-3-4-12-23(27)28/h5-6,8-11,14-15,17H,3-4,7,12-13,16H2,1-2H3,(H,27,28)/i16D2. The summed E-state index contributed by atoms with van der Waals surface area (Å²) in [5, 5.41) is 12.6. The molecule has 3 aromatic rings. The molecule has 32 heavy (non-hydrogen) atoms. The Balaban J connectivity index is 1.78. The van der Waals surface area contributed by atoms with Gasteiger partial charge in [-0.2, -0.15) is 0 Å². The molecule has 0 aliphatic heterocycles. The van der Waals surface area contributed by atoms with Crippen LogP contribution in [0.5, 0.6) is 5.75 Å². The van der Waals surface area contributed by atoms with Gasteiger partial charge in [0.05, 0.1) is 15.6 Å². The summed E-state index contributed by atoms with van der Waals surface area (Å²) in [5.41, 5.74) is 0.165. The topological polar surface area (TPSA) is 106 Å². The maximum atomic E-state index is 13.3. The summed E-state index contributed by atoms with van der Waals surface area (Å²) in [6, 6.07) is 10.9. The van der Waals surface area contributed by atoms with Crippen molar-refractivity contribution in [3.63, 3.8) is 0 Å². The highest BCUT2D eigenvalue weighted by Crippen LogP contribution is 2.25. The van der Waals surface area contributed by atoms with E-state index >= 15 is 0 Å². The van der Waals surface area contributed by atoms with E-state index in [0.717, 1.165) is 4.90 Å². The molecule has 0 bridgehead atoms. The number of nitrogens with zero attached hydrogens (tertiary/aromatic N) is 2. The van der Waals surface area contributed by atoms with Crippen LogP contribution in [0.3, 0.4) is 0 Å². The number of amides is 1. The minimum Gasteiger partial charge on any atom is -0.493 e. The number of benzene rings is 1. The molecule has 0 radical (unpaired) electrons. The fourth-order valence-electron chi connectivity index (χ4n) is 3.00. The molecule has 0 atom stereocenters. The first-order valence-corrected chi connectivity index (χ1v) is 10.5. The first kappa shape index (κ1) is 20.4. The van der Waals surface area contributed by atoms with E-state index in [1.54, 1.807) is 50.2 Å². The maximum Gasteiger partial charge on any atom is 0.303 e. The van der Waals surface area contributed by atoms with Crippen LogP contribution in [-0.4, -0.2) is 39.7 Å². The Morgan fingerprint density at radius 3 is 2.69 bits per heavy atom. The summed E-state index contributed by atoms with van der Waals surface area (Å²) in [5.74, 6) is -0.469. The van der Waals surface area contributed by atoms with Gasteiger partial charge in [0.2, 0.25) is 5.76 Å². The van der Waals surface area contributed by atoms with E-state index < -0.39 is 24.4 Å². The van der Waals surface area contributed by atoms with Crippen molar-refractivity contribution in [3.8, 4) is 17.3 Å². The van der Waals surface area contributed by atoms with E-state index in [1.807, 2.05) is 0 Å². The Morgan fingerprint density at radius 1 is 1.16 bits per heavy atom. The first-order valence-electron chi connectivity index (χ1n) is 11.5. The fourth-order valence-corrected chi connectivity index (χ4v) is 3.00. The van der Waals surface area contributed by atoms with Crippen LogP contribution in [0.25, 0.3) is 11.5 Å². The second-order valence-corrected chi connectivity index (χ2v) is 7.48. The van der Waals surface area contributed by atoms with Gasteiger partial charge in [0, 0.05) is 30.6 Å². The Bertz CT molecular complexity index is 1090. The van der Waals surface area contributed by atoms with Crippen molar-refractivity contribution in [1.29, 1.82) is 0 Å². The molecule has 2 aromatic heterocycles. The summed E-state index contributed by atoms with van der Waals surface area (Å²) < 4.78 is 34.1. The average molecular weight is 443 g/mol. The third-order valence-electron chi connectivity index (χ3n) is 4.65. The second kappa shape index (κ2) is 11.2. The van der Waals surface area contributed by atoms with Crippen LogP contribution in [0.15, 0.2) is 57.7 Å². The molecular formula is C24H28N2O6. The summed E-state index contributed by atoms with van der Waals surface area (Å²) in [6.45, 7) is 1.53. The first-order chi connectivity index (χ1) is 16.2. The van der Waals surface area contributed by atoms with Crippen molar-refractivity contribution >= 4 is 11.9 Å². The van der Waals surface area contributed by atoms with Crippen molar-refractivity contribution in [1.82, 2.24) is 10.1 Å². The molecule has 8 heteroatoms. The maximum absolute atomic E-state index is 13.3. The Kier molecular flexibility index (Phi) is 7.11. The van der Waals surface area contributed by atoms with Gasteiger partial charge in [0.15, 0.2) is 11.5 Å². The largest absolute Gasteiger partial charge is 0.493 e. The van der Waals surface area contributed by atoms with Crippen LogP contribution in [0.2, 0.25) is 0 Å². The summed E-state index contributed by atoms with van der Waals surface area (Å²) in [6.07, 6.45) is 3.44. The molecule has 0 saturated carbocycles. The van der Waals surface area contributed by atoms with Crippen molar-refractivity contribution in [3.05, 3.63) is 60.0 Å². The van der Waals surface area contributed by atoms with Gasteiger partial charge in [0.25, 0.3) is 5.91 Å². The van der Waals surface area contributed by atoms with Gasteiger partial charge >= 0.3 is 5.97 Å². The molecule has 8 nitrogen and oxygen atoms in total. The number of carbonyl (C=O) groups excluding carboxylic acids is 1. The van der Waals surface area contributed by atoms with Crippen LogP contribution in [0.1, 0.15) is 58.3 Å². The van der Waals surface area contributed by atoms with E-state index in [-0.39, 0.29) is 23.4 Å². The molecule has 1 amide bonds. The molecule has 170 valence electrons. The molecule has 2 heterocycles. The lowest BCUT2D eigenvalue weighted by molar-refractivity contribution is -0.137. The fraction of sp³-hybridized carbons (Fsp3) is 0.375. The molecule has 0 fully saturated rings. The van der Waals surface area contributed by atoms with Crippen molar-refractivity contribution < 1.29 is 31.1 Å². The number of carboxylic acids is 1. The van der Waals surface area contributed by atoms with Crippen LogP contribution in [-0.2, 0) is 11.3 Å². The molecule has 0 aliphatic rings. The van der Waals surface area contributed by atoms with Gasteiger partial charge in [0.1, 0.15) is 5.75 Å². The zero-order chi connectivity index (χ0) is 24.7. The number of hydrogen-bond donors (Lipinski definition) is 1. The molecular weight excluding hydrogens is 412 g/mol. The quantitative estimate of drug-likeness (QED) is 0.393. The highest BCUT2D eigenvalue weighted by Gasteiger charge is 2.24. The summed E-state index contributed by atoms with van der Waals surface area (Å²) >= 11 is 0. The normalized spacial score (nSPS) is 12.3. The van der Waals surface area contributed by atoms with E-state index in [4.69, 9.17) is 21.5 Å². The lowest BCUT2D eigenvalue weighted by Crippen LogP contribution is -2.36. The number of ether oxygens (including phenoxy) is 1. The van der Waals surface area contributed by atoms with Crippen LogP contribution in [0, 0.1) is 0 Å². The molecule has 0 unspecified atom stereocenters. The van der Waals surface area contributed by atoms with Gasteiger partial charge in [-0.15, -0.1) is 0 Å². The van der Waals surface area contributed by atoms with Crippen molar-refractivity contribution in [2.45, 2.75) is 52.1 Å². The van der Waals surface area contributed by atoms with Crippen LogP contribution in [0.4, 0.5) is 0 Å². The smallest absolute Gasteiger partial charge is 0.303 e. The molecule has 3 rings (SSSR count). The summed E-state index contributed by atoms with van der Waals surface area (Å²) in [4.78, 5) is 25.1. The third kappa shape index (κ3) is 6.23. The van der Waals surface area contributed by atoms with Crippen LogP contribution < -0.4 is 4.74 Å². The molecule has 0 aliphatic carbocycles. The van der Waals surface area contributed by atoms with Gasteiger partial charge < -0.3 is 23.7 Å². The Labute approximate surface area is 189 Å². The minimum atomic E-state index is -2.21. The minimum absolute atomic E-state index is 0.0409. The van der Waals surface area contributed by atoms with Gasteiger partial charge in [-0.3, -0.25) is 9.59 Å². The zero-order valence-corrected chi connectivity index (χ0v) is 18.1. The molecule has 1 aromatic carbocycles. The number of furan rings is 1. The number of para-hydroxylation sites is 1. The summed E-state index contributed by atoms with van der Waals surface area (Å²) in [7, 11) is 0. The highest BCUT2D eigenvalue weighted by atomic mass is 16.5. The number of aromatic nitrogens is 1. The van der Waals surface area contributed by atoms with Gasteiger partial charge in [-0.1, -0.05) is 23.4 Å². The van der Waals surface area contributed by atoms with Crippen molar-refractivity contribution in [2.24, 2.45) is 0 Å². The number of hydrogen-bond acceptors (Lipinski definition) is 6. The number of carbonyl (C=O) groups is 2. The van der Waals surface area contributed by atoms with E-state index in [0.29, 0.717) is 37.4 Å². The molecule has 0 spiro atoms. The average Bonchev–Trinajstić information content (AvgIpc) is 3.47. The van der Waals surface area contributed by atoms with Crippen molar-refractivity contribution in [2.75, 3.05) is 6.61 Å². The number of rotatable bonds is 12. The van der Waals surface area contributed by atoms with E-state index in [2.05, 4.69) is 5.16 Å². The SMILES string of the molecule is [2H]C([2H])(c1ccccc1OCCCCCC(=O)O)N(C(=O)c1cc(-c2ccco2)on1)C(C)C. The lowest BCUT2D eigenvalue weighted by atomic mass is 10.1. The number of carboxylic acid groups (broad SMARTS) is 1. The number of unbranched alkanes of at least 4 members (excludes halogenated alkanes) is 2. The molecule has 0 saturated heterocycles. The third-order valence-corrected chi connectivity index (χ3v) is 4.65. The van der Waals surface area contributed by atoms with Gasteiger partial charge in [-0.25, -0.2) is 0 Å². The van der Waals surface area contributed by atoms with E-state index in [1.165, 1.54) is 12.3 Å². The molecule has 1 N–H and O–H groups in total. The Hall–Kier alpha value is -3.55. The van der Waals surface area contributed by atoms with Gasteiger partial charge in [-0.05, 0) is 51.3 Å². The van der Waals surface area contributed by atoms with Crippen LogP contribution >= 0.6 is 0 Å². The predicted molar refractivity (Wildman–Crippen MR) is 117 cm³/mol. The monoisotopic (exact) mass is 442 g/mol. The van der Waals surface area contributed by atoms with E-state index in [9.17, 15) is 9.59 Å². The zero-order valence-electron chi connectivity index (χ0n) is 20.1. The second-order valence-electron chi connectivity index (χ2n) is 7.48.